The van der Waals surface area contributed by atoms with E-state index in [1.165, 1.54) is 19.2 Å². The number of methoxy groups -OCH3 is 1. The number of benzene rings is 1. The first kappa shape index (κ1) is 23.6. The van der Waals surface area contributed by atoms with E-state index in [2.05, 4.69) is 15.5 Å². The number of nitrogens with one attached hydrogen (secondary N) is 2. The van der Waals surface area contributed by atoms with Crippen molar-refractivity contribution in [3.05, 3.63) is 29.8 Å². The molecule has 2 amide bonds. The lowest BCUT2D eigenvalue weighted by Crippen LogP contribution is -2.52. The topological polar surface area (TPSA) is 86.3 Å². The smallest absolute Gasteiger partial charge is 0.388 e. The number of piperazine rings is 1. The van der Waals surface area contributed by atoms with Crippen molar-refractivity contribution in [3.63, 3.8) is 0 Å². The molecule has 0 unspecified atom stereocenters. The third-order valence-corrected chi connectivity index (χ3v) is 5.54. The molecule has 2 fully saturated rings. The molecule has 0 aromatic heterocycles. The third kappa shape index (κ3) is 6.45. The first-order valence-electron chi connectivity index (χ1n) is 10.3. The number of urea groups is 1. The van der Waals surface area contributed by atoms with Crippen LogP contribution in [0.1, 0.15) is 5.56 Å². The average Bonchev–Trinajstić information content (AvgIpc) is 3.07. The normalized spacial score (nSPS) is 24.9. The van der Waals surface area contributed by atoms with Crippen molar-refractivity contribution in [1.82, 2.24) is 15.5 Å². The van der Waals surface area contributed by atoms with E-state index in [1.54, 1.807) is 6.07 Å². The number of anilines is 1. The van der Waals surface area contributed by atoms with Crippen LogP contribution in [0.5, 0.6) is 0 Å². The van der Waals surface area contributed by atoms with Crippen molar-refractivity contribution in [2.75, 3.05) is 64.5 Å². The zero-order valence-corrected chi connectivity index (χ0v) is 17.4. The van der Waals surface area contributed by atoms with Crippen molar-refractivity contribution >= 4 is 11.7 Å². The molecule has 11 heteroatoms. The number of amides is 2. The Morgan fingerprint density at radius 3 is 2.71 bits per heavy atom. The van der Waals surface area contributed by atoms with Crippen molar-refractivity contribution in [2.45, 2.75) is 24.4 Å². The molecule has 0 saturated carbocycles. The van der Waals surface area contributed by atoms with E-state index in [4.69, 9.17) is 9.47 Å². The summed E-state index contributed by atoms with van der Waals surface area (Å²) in [7, 11) is 1.54. The number of nitrogens with zero attached hydrogens (tertiary/aromatic N) is 2. The van der Waals surface area contributed by atoms with Crippen LogP contribution in [0.4, 0.5) is 23.7 Å². The van der Waals surface area contributed by atoms with Gasteiger partial charge < -0.3 is 30.1 Å². The Morgan fingerprint density at radius 2 is 2.03 bits per heavy atom. The second-order valence-corrected chi connectivity index (χ2v) is 7.70. The summed E-state index contributed by atoms with van der Waals surface area (Å²) in [6.07, 6.45) is -5.64. The molecule has 2 aliphatic heterocycles. The number of hydrogen-bond donors (Lipinski definition) is 3. The van der Waals surface area contributed by atoms with E-state index >= 15 is 0 Å². The van der Waals surface area contributed by atoms with E-state index in [0.717, 1.165) is 6.07 Å². The quantitative estimate of drug-likeness (QED) is 0.540. The van der Waals surface area contributed by atoms with Crippen LogP contribution in [0.3, 0.4) is 0 Å². The van der Waals surface area contributed by atoms with E-state index in [1.807, 2.05) is 4.90 Å². The van der Waals surface area contributed by atoms with Crippen LogP contribution in [0.2, 0.25) is 0 Å². The first-order chi connectivity index (χ1) is 14.8. The molecule has 2 saturated heterocycles. The van der Waals surface area contributed by atoms with E-state index < -0.39 is 30.0 Å². The lowest BCUT2D eigenvalue weighted by Gasteiger charge is -2.37. The minimum Gasteiger partial charge on any atom is -0.388 e. The van der Waals surface area contributed by atoms with Gasteiger partial charge >= 0.3 is 12.2 Å². The Morgan fingerprint density at radius 1 is 1.29 bits per heavy atom. The molecule has 0 radical (unpaired) electrons. The van der Waals surface area contributed by atoms with Gasteiger partial charge in [0.25, 0.3) is 0 Å². The number of carbonyl (C=O) groups excluding carboxylic acids is 1. The van der Waals surface area contributed by atoms with E-state index in [-0.39, 0.29) is 12.6 Å². The molecular weight excluding hydrogens is 417 g/mol. The van der Waals surface area contributed by atoms with E-state index in [0.29, 0.717) is 51.6 Å². The molecule has 31 heavy (non-hydrogen) atoms. The van der Waals surface area contributed by atoms with E-state index in [9.17, 15) is 23.1 Å². The molecule has 8 nitrogen and oxygen atoms in total. The third-order valence-electron chi connectivity index (χ3n) is 5.54. The molecule has 0 aliphatic carbocycles. The zero-order valence-electron chi connectivity index (χ0n) is 17.4. The number of aliphatic hydroxyl groups excluding tert-OH is 1. The second kappa shape index (κ2) is 10.5. The molecule has 0 bridgehead atoms. The standard InChI is InChI=1S/C20H29F3N4O4/c1-30-10-5-24-19(29)25-16-13-31-17(18(16)28)12-26-6-8-27(9-7-26)15-4-2-3-14(11-15)20(21,22)23/h2-4,11,16-18,28H,5-10,12-13H2,1H3,(H2,24,25,29)/t16-,17-,18+/m0/s1. The minimum absolute atomic E-state index is 0.216. The van der Waals surface area contributed by atoms with Crippen LogP contribution < -0.4 is 15.5 Å². The fourth-order valence-electron chi connectivity index (χ4n) is 3.78. The van der Waals surface area contributed by atoms with Crippen molar-refractivity contribution in [1.29, 1.82) is 0 Å². The maximum atomic E-state index is 12.9. The number of ether oxygens (including phenoxy) is 2. The van der Waals surface area contributed by atoms with Crippen molar-refractivity contribution in [2.24, 2.45) is 0 Å². The number of halogens is 3. The Balaban J connectivity index is 1.44. The Bertz CT molecular complexity index is 729. The summed E-state index contributed by atoms with van der Waals surface area (Å²) in [5, 5.41) is 15.8. The van der Waals surface area contributed by atoms with Crippen LogP contribution in [-0.4, -0.2) is 93.9 Å². The van der Waals surface area contributed by atoms with Gasteiger partial charge in [0, 0.05) is 52.1 Å². The predicted molar refractivity (Wildman–Crippen MR) is 108 cm³/mol. The molecule has 1 aromatic rings. The van der Waals surface area contributed by atoms with Gasteiger partial charge in [-0.3, -0.25) is 4.90 Å². The predicted octanol–water partition coefficient (Wildman–Crippen LogP) is 0.901. The maximum Gasteiger partial charge on any atom is 0.416 e. The van der Waals surface area contributed by atoms with Gasteiger partial charge in [0.1, 0.15) is 6.10 Å². The van der Waals surface area contributed by atoms with Crippen LogP contribution in [-0.2, 0) is 15.7 Å². The first-order valence-corrected chi connectivity index (χ1v) is 10.3. The average molecular weight is 446 g/mol. The van der Waals surface area contributed by atoms with Gasteiger partial charge in [0.05, 0.1) is 30.9 Å². The molecule has 174 valence electrons. The summed E-state index contributed by atoms with van der Waals surface area (Å²) in [5.41, 5.74) is -0.102. The highest BCUT2D eigenvalue weighted by molar-refractivity contribution is 5.74. The van der Waals surface area contributed by atoms with Crippen molar-refractivity contribution < 1.29 is 32.5 Å². The van der Waals surface area contributed by atoms with Crippen molar-refractivity contribution in [3.8, 4) is 0 Å². The molecule has 3 N–H and O–H groups in total. The Labute approximate surface area is 179 Å². The number of carbonyl (C=O) groups is 1. The lowest BCUT2D eigenvalue weighted by molar-refractivity contribution is -0.137. The molecule has 0 spiro atoms. The summed E-state index contributed by atoms with van der Waals surface area (Å²) in [4.78, 5) is 15.9. The Kier molecular flexibility index (Phi) is 7.98. The maximum absolute atomic E-state index is 12.9. The highest BCUT2D eigenvalue weighted by Crippen LogP contribution is 2.32. The van der Waals surface area contributed by atoms with Gasteiger partial charge in [-0.15, -0.1) is 0 Å². The van der Waals surface area contributed by atoms with Crippen LogP contribution in [0.25, 0.3) is 0 Å². The number of alkyl halides is 3. The summed E-state index contributed by atoms with van der Waals surface area (Å²) in [6, 6.07) is 4.46. The second-order valence-electron chi connectivity index (χ2n) is 7.70. The van der Waals surface area contributed by atoms with Gasteiger partial charge in [-0.1, -0.05) is 6.07 Å². The largest absolute Gasteiger partial charge is 0.416 e. The summed E-state index contributed by atoms with van der Waals surface area (Å²) >= 11 is 0. The molecule has 2 heterocycles. The fourth-order valence-corrected chi connectivity index (χ4v) is 3.78. The van der Waals surface area contributed by atoms with Crippen LogP contribution in [0, 0.1) is 0 Å². The van der Waals surface area contributed by atoms with Gasteiger partial charge in [0.2, 0.25) is 0 Å². The molecule has 3 atom stereocenters. The monoisotopic (exact) mass is 446 g/mol. The number of rotatable bonds is 7. The van der Waals surface area contributed by atoms with Gasteiger partial charge in [-0.2, -0.15) is 13.2 Å². The van der Waals surface area contributed by atoms with Gasteiger partial charge in [-0.25, -0.2) is 4.79 Å². The Hall–Kier alpha value is -2.08. The number of aliphatic hydroxyl groups is 1. The van der Waals surface area contributed by atoms with Gasteiger partial charge in [-0.05, 0) is 18.2 Å². The minimum atomic E-state index is -4.36. The van der Waals surface area contributed by atoms with Crippen LogP contribution >= 0.6 is 0 Å². The lowest BCUT2D eigenvalue weighted by atomic mass is 10.1. The van der Waals surface area contributed by atoms with Gasteiger partial charge in [0.15, 0.2) is 0 Å². The highest BCUT2D eigenvalue weighted by atomic mass is 19.4. The van der Waals surface area contributed by atoms with Crippen LogP contribution in [0.15, 0.2) is 24.3 Å². The molecule has 3 rings (SSSR count). The number of hydrogen-bond acceptors (Lipinski definition) is 6. The zero-order chi connectivity index (χ0) is 22.4. The summed E-state index contributed by atoms with van der Waals surface area (Å²) < 4.78 is 49.4. The summed E-state index contributed by atoms with van der Waals surface area (Å²) in [5.74, 6) is 0. The highest BCUT2D eigenvalue weighted by Gasteiger charge is 2.38. The molecule has 1 aromatic carbocycles. The molecular formula is C20H29F3N4O4. The fraction of sp³-hybridized carbons (Fsp3) is 0.650. The molecule has 2 aliphatic rings. The SMILES string of the molecule is COCCNC(=O)N[C@H]1CO[C@@H](CN2CCN(c3cccc(C(F)(F)F)c3)CC2)[C@@H]1O. The summed E-state index contributed by atoms with van der Waals surface area (Å²) in [6.45, 7) is 3.89.